The molecule has 0 radical (unpaired) electrons. The van der Waals surface area contributed by atoms with E-state index in [9.17, 15) is 0 Å². The number of hydrogen-bond acceptors (Lipinski definition) is 3. The fourth-order valence-electron chi connectivity index (χ4n) is 1.46. The van der Waals surface area contributed by atoms with Crippen LogP contribution in [0.3, 0.4) is 0 Å². The Balaban J connectivity index is 2.21. The molecule has 0 aliphatic carbocycles. The summed E-state index contributed by atoms with van der Waals surface area (Å²) >= 11 is 0. The van der Waals surface area contributed by atoms with Crippen LogP contribution in [0.25, 0.3) is 0 Å². The molecule has 0 aliphatic heterocycles. The molecule has 2 N–H and O–H groups in total. The minimum Gasteiger partial charge on any atom is -0.494 e. The number of methoxy groups -OCH3 is 1. The molecule has 0 aliphatic rings. The van der Waals surface area contributed by atoms with Gasteiger partial charge in [0, 0.05) is 13.7 Å². The van der Waals surface area contributed by atoms with Crippen LogP contribution < -0.4 is 10.5 Å². The van der Waals surface area contributed by atoms with Crippen molar-refractivity contribution in [2.45, 2.75) is 19.3 Å². The molecule has 0 unspecified atom stereocenters. The lowest BCUT2D eigenvalue weighted by atomic mass is 10.1. The highest BCUT2D eigenvalue weighted by atomic mass is 16.5. The topological polar surface area (TPSA) is 44.5 Å². The molecule has 0 bridgehead atoms. The van der Waals surface area contributed by atoms with E-state index in [0.29, 0.717) is 6.54 Å². The molecule has 1 aromatic rings. The minimum atomic E-state index is 0.692. The van der Waals surface area contributed by atoms with Crippen molar-refractivity contribution in [1.29, 1.82) is 0 Å². The first-order chi connectivity index (χ1) is 7.86. The number of ether oxygens (including phenoxy) is 2. The number of benzene rings is 1. The summed E-state index contributed by atoms with van der Waals surface area (Å²) in [4.78, 5) is 0. The Morgan fingerprint density at radius 3 is 2.38 bits per heavy atom. The van der Waals surface area contributed by atoms with Gasteiger partial charge < -0.3 is 15.2 Å². The summed E-state index contributed by atoms with van der Waals surface area (Å²) in [5.41, 5.74) is 6.74. The summed E-state index contributed by atoms with van der Waals surface area (Å²) in [6.07, 6.45) is 2.99. The Hall–Kier alpha value is -1.06. The van der Waals surface area contributed by atoms with Gasteiger partial charge in [0.2, 0.25) is 0 Å². The number of nitrogens with two attached hydrogens (primary N) is 1. The van der Waals surface area contributed by atoms with Crippen molar-refractivity contribution < 1.29 is 9.47 Å². The summed E-state index contributed by atoms with van der Waals surface area (Å²) < 4.78 is 10.6. The van der Waals surface area contributed by atoms with Crippen LogP contribution in [0.4, 0.5) is 0 Å². The summed E-state index contributed by atoms with van der Waals surface area (Å²) in [5, 5.41) is 0. The third-order valence-corrected chi connectivity index (χ3v) is 2.37. The summed E-state index contributed by atoms with van der Waals surface area (Å²) in [5.74, 6) is 0.929. The van der Waals surface area contributed by atoms with Gasteiger partial charge in [-0.2, -0.15) is 0 Å². The molecular formula is C13H21NO2. The molecule has 0 spiro atoms. The fourth-order valence-corrected chi connectivity index (χ4v) is 1.46. The van der Waals surface area contributed by atoms with Gasteiger partial charge >= 0.3 is 0 Å². The number of hydrogen-bond donors (Lipinski definition) is 1. The van der Waals surface area contributed by atoms with Crippen LogP contribution >= 0.6 is 0 Å². The van der Waals surface area contributed by atoms with Gasteiger partial charge in [-0.25, -0.2) is 0 Å². The highest BCUT2D eigenvalue weighted by Gasteiger charge is 1.95. The van der Waals surface area contributed by atoms with E-state index < -0.39 is 0 Å². The van der Waals surface area contributed by atoms with Crippen LogP contribution in [0.2, 0.25) is 0 Å². The number of unbranched alkanes of at least 4 members (excludes halogenated alkanes) is 1. The maximum Gasteiger partial charge on any atom is 0.119 e. The lowest BCUT2D eigenvalue weighted by molar-refractivity contribution is 0.184. The standard InChI is InChI=1S/C13H21NO2/c1-15-10-2-3-11-16-13-6-4-12(5-7-13)8-9-14/h4-7H,2-3,8-11,14H2,1H3. The van der Waals surface area contributed by atoms with E-state index >= 15 is 0 Å². The van der Waals surface area contributed by atoms with Crippen LogP contribution in [-0.2, 0) is 11.2 Å². The van der Waals surface area contributed by atoms with E-state index in [4.69, 9.17) is 15.2 Å². The second-order valence-electron chi connectivity index (χ2n) is 3.73. The SMILES string of the molecule is COCCCCOc1ccc(CCN)cc1. The molecule has 3 heteroatoms. The zero-order valence-electron chi connectivity index (χ0n) is 9.95. The van der Waals surface area contributed by atoms with Gasteiger partial charge in [-0.15, -0.1) is 0 Å². The van der Waals surface area contributed by atoms with Gasteiger partial charge in [0.25, 0.3) is 0 Å². The van der Waals surface area contributed by atoms with Crippen LogP contribution in [0.5, 0.6) is 5.75 Å². The van der Waals surface area contributed by atoms with Crippen molar-refractivity contribution in [3.63, 3.8) is 0 Å². The molecule has 90 valence electrons. The minimum absolute atomic E-state index is 0.692. The van der Waals surface area contributed by atoms with Crippen molar-refractivity contribution in [3.05, 3.63) is 29.8 Å². The molecule has 0 amide bonds. The van der Waals surface area contributed by atoms with Gasteiger partial charge in [0.15, 0.2) is 0 Å². The van der Waals surface area contributed by atoms with Crippen LogP contribution in [-0.4, -0.2) is 26.9 Å². The van der Waals surface area contributed by atoms with Crippen molar-refractivity contribution in [2.24, 2.45) is 5.73 Å². The summed E-state index contributed by atoms with van der Waals surface area (Å²) in [7, 11) is 1.72. The van der Waals surface area contributed by atoms with Crippen molar-refractivity contribution >= 4 is 0 Å². The third-order valence-electron chi connectivity index (χ3n) is 2.37. The molecule has 0 heterocycles. The van der Waals surface area contributed by atoms with Crippen molar-refractivity contribution in [3.8, 4) is 5.75 Å². The Bertz CT molecular complexity index is 272. The zero-order chi connectivity index (χ0) is 11.6. The molecular weight excluding hydrogens is 202 g/mol. The molecule has 0 aromatic heterocycles. The van der Waals surface area contributed by atoms with Crippen LogP contribution in [0.15, 0.2) is 24.3 Å². The van der Waals surface area contributed by atoms with Crippen molar-refractivity contribution in [1.82, 2.24) is 0 Å². The average molecular weight is 223 g/mol. The number of rotatable bonds is 8. The average Bonchev–Trinajstić information content (AvgIpc) is 2.31. The first-order valence-corrected chi connectivity index (χ1v) is 5.77. The second kappa shape index (κ2) is 8.13. The Labute approximate surface area is 97.6 Å². The highest BCUT2D eigenvalue weighted by molar-refractivity contribution is 5.27. The molecule has 1 rings (SSSR count). The molecule has 3 nitrogen and oxygen atoms in total. The monoisotopic (exact) mass is 223 g/mol. The molecule has 16 heavy (non-hydrogen) atoms. The molecule has 0 fully saturated rings. The Kier molecular flexibility index (Phi) is 6.61. The van der Waals surface area contributed by atoms with E-state index in [1.807, 2.05) is 12.1 Å². The predicted octanol–water partition coefficient (Wildman–Crippen LogP) is 1.99. The van der Waals surface area contributed by atoms with Crippen LogP contribution in [0.1, 0.15) is 18.4 Å². The Morgan fingerprint density at radius 2 is 1.75 bits per heavy atom. The second-order valence-corrected chi connectivity index (χ2v) is 3.73. The quantitative estimate of drug-likeness (QED) is 0.685. The van der Waals surface area contributed by atoms with E-state index in [0.717, 1.165) is 38.2 Å². The van der Waals surface area contributed by atoms with Gasteiger partial charge in [0.05, 0.1) is 6.61 Å². The predicted molar refractivity (Wildman–Crippen MR) is 65.8 cm³/mol. The molecule has 0 saturated heterocycles. The normalized spacial score (nSPS) is 10.4. The van der Waals surface area contributed by atoms with Gasteiger partial charge in [-0.1, -0.05) is 12.1 Å². The molecule has 1 aromatic carbocycles. The maximum absolute atomic E-state index is 5.60. The first kappa shape index (κ1) is 13.0. The van der Waals surface area contributed by atoms with E-state index in [1.165, 1.54) is 5.56 Å². The first-order valence-electron chi connectivity index (χ1n) is 5.77. The van der Waals surface area contributed by atoms with Crippen LogP contribution in [0, 0.1) is 0 Å². The van der Waals surface area contributed by atoms with Gasteiger partial charge in [0.1, 0.15) is 5.75 Å². The fraction of sp³-hybridized carbons (Fsp3) is 0.538. The van der Waals surface area contributed by atoms with E-state index in [1.54, 1.807) is 7.11 Å². The highest BCUT2D eigenvalue weighted by Crippen LogP contribution is 2.12. The third kappa shape index (κ3) is 5.14. The molecule has 0 atom stereocenters. The Morgan fingerprint density at radius 1 is 1.06 bits per heavy atom. The maximum atomic E-state index is 5.60. The van der Waals surface area contributed by atoms with Gasteiger partial charge in [-0.05, 0) is 43.5 Å². The largest absolute Gasteiger partial charge is 0.494 e. The lowest BCUT2D eigenvalue weighted by Crippen LogP contribution is -2.03. The smallest absolute Gasteiger partial charge is 0.119 e. The lowest BCUT2D eigenvalue weighted by Gasteiger charge is -2.06. The summed E-state index contributed by atoms with van der Waals surface area (Å²) in [6.45, 7) is 2.25. The zero-order valence-corrected chi connectivity index (χ0v) is 9.95. The van der Waals surface area contributed by atoms with E-state index in [-0.39, 0.29) is 0 Å². The van der Waals surface area contributed by atoms with E-state index in [2.05, 4.69) is 12.1 Å². The summed E-state index contributed by atoms with van der Waals surface area (Å²) in [6, 6.07) is 8.14. The van der Waals surface area contributed by atoms with Crippen molar-refractivity contribution in [2.75, 3.05) is 26.9 Å². The van der Waals surface area contributed by atoms with Gasteiger partial charge in [-0.3, -0.25) is 0 Å². The molecule has 0 saturated carbocycles.